The quantitative estimate of drug-likeness (QED) is 0.593. The minimum atomic E-state index is 0.516. The molecule has 0 fully saturated rings. The Bertz CT molecular complexity index is 184. The summed E-state index contributed by atoms with van der Waals surface area (Å²) in [6.07, 6.45) is 1.65. The minimum absolute atomic E-state index is 0.516. The number of nitrogens with one attached hydrogen (secondary N) is 1. The van der Waals surface area contributed by atoms with Gasteiger partial charge in [-0.2, -0.15) is 5.10 Å². The van der Waals surface area contributed by atoms with Gasteiger partial charge in [0.15, 0.2) is 0 Å². The van der Waals surface area contributed by atoms with E-state index in [1.807, 2.05) is 0 Å². The monoisotopic (exact) mass is 127 g/mol. The summed E-state index contributed by atoms with van der Waals surface area (Å²) in [5.41, 5.74) is 6.33. The molecule has 4 nitrogen and oxygen atoms in total. The van der Waals surface area contributed by atoms with E-state index in [0.717, 1.165) is 5.56 Å². The molecule has 1 aromatic heterocycles. The lowest BCUT2D eigenvalue weighted by Crippen LogP contribution is -1.92. The molecule has 1 heterocycles. The zero-order valence-electron chi connectivity index (χ0n) is 5.22. The summed E-state index contributed by atoms with van der Waals surface area (Å²) >= 11 is 0. The van der Waals surface area contributed by atoms with Crippen molar-refractivity contribution in [1.29, 1.82) is 0 Å². The normalized spacial score (nSPS) is 9.89. The number of anilines is 1. The molecule has 0 radical (unpaired) electrons. The zero-order chi connectivity index (χ0) is 6.69. The number of nitrogen functional groups attached to an aromatic ring is 1. The SMILES string of the molecule is COCc1cn[nH]c1N. The van der Waals surface area contributed by atoms with E-state index in [2.05, 4.69) is 10.2 Å². The highest BCUT2D eigenvalue weighted by atomic mass is 16.5. The standard InChI is InChI=1S/C5H9N3O/c1-9-3-4-2-7-8-5(4)6/h2H,3H2,1H3,(H3,6,7,8). The smallest absolute Gasteiger partial charge is 0.124 e. The lowest BCUT2D eigenvalue weighted by Gasteiger charge is -1.93. The van der Waals surface area contributed by atoms with Crippen molar-refractivity contribution in [2.45, 2.75) is 6.61 Å². The van der Waals surface area contributed by atoms with Gasteiger partial charge in [-0.15, -0.1) is 0 Å². The number of nitrogens with two attached hydrogens (primary N) is 1. The van der Waals surface area contributed by atoms with Gasteiger partial charge in [0.05, 0.1) is 12.8 Å². The van der Waals surface area contributed by atoms with Crippen molar-refractivity contribution in [2.24, 2.45) is 0 Å². The molecule has 50 valence electrons. The molecule has 1 aromatic rings. The van der Waals surface area contributed by atoms with E-state index in [-0.39, 0.29) is 0 Å². The Hall–Kier alpha value is -1.03. The fourth-order valence-corrected chi connectivity index (χ4v) is 0.592. The van der Waals surface area contributed by atoms with Crippen LogP contribution >= 0.6 is 0 Å². The van der Waals surface area contributed by atoms with Crippen LogP contribution in [0, 0.1) is 0 Å². The maximum atomic E-state index is 5.43. The molecular weight excluding hydrogens is 118 g/mol. The average Bonchev–Trinajstić information content (AvgIpc) is 2.18. The summed E-state index contributed by atoms with van der Waals surface area (Å²) in [7, 11) is 1.62. The number of ether oxygens (including phenoxy) is 1. The molecule has 0 saturated heterocycles. The third kappa shape index (κ3) is 1.20. The largest absolute Gasteiger partial charge is 0.384 e. The van der Waals surface area contributed by atoms with Crippen LogP contribution in [-0.4, -0.2) is 17.3 Å². The summed E-state index contributed by atoms with van der Waals surface area (Å²) in [4.78, 5) is 0. The van der Waals surface area contributed by atoms with Crippen LogP contribution < -0.4 is 5.73 Å². The first kappa shape index (κ1) is 6.10. The number of hydrogen-bond acceptors (Lipinski definition) is 3. The second kappa shape index (κ2) is 2.50. The molecular formula is C5H9N3O. The van der Waals surface area contributed by atoms with Gasteiger partial charge in [0.25, 0.3) is 0 Å². The molecule has 0 unspecified atom stereocenters. The molecule has 0 aliphatic carbocycles. The average molecular weight is 127 g/mol. The van der Waals surface area contributed by atoms with Gasteiger partial charge in [-0.3, -0.25) is 5.10 Å². The Labute approximate surface area is 53.0 Å². The second-order valence-electron chi connectivity index (χ2n) is 1.74. The van der Waals surface area contributed by atoms with Crippen molar-refractivity contribution in [2.75, 3.05) is 12.8 Å². The van der Waals surface area contributed by atoms with E-state index >= 15 is 0 Å². The molecule has 0 amide bonds. The number of H-pyrrole nitrogens is 1. The van der Waals surface area contributed by atoms with E-state index < -0.39 is 0 Å². The Morgan fingerprint density at radius 2 is 2.67 bits per heavy atom. The molecule has 0 saturated carbocycles. The van der Waals surface area contributed by atoms with Crippen LogP contribution in [0.5, 0.6) is 0 Å². The Morgan fingerprint density at radius 1 is 1.89 bits per heavy atom. The first-order chi connectivity index (χ1) is 4.34. The van der Waals surface area contributed by atoms with Crippen LogP contribution in [0.1, 0.15) is 5.56 Å². The molecule has 4 heteroatoms. The molecule has 0 aliphatic heterocycles. The van der Waals surface area contributed by atoms with Crippen molar-refractivity contribution < 1.29 is 4.74 Å². The Balaban J connectivity index is 2.69. The third-order valence-corrected chi connectivity index (χ3v) is 1.05. The van der Waals surface area contributed by atoms with Crippen LogP contribution in [-0.2, 0) is 11.3 Å². The summed E-state index contributed by atoms with van der Waals surface area (Å²) in [5.74, 6) is 0.580. The number of methoxy groups -OCH3 is 1. The van der Waals surface area contributed by atoms with Gasteiger partial charge in [0, 0.05) is 12.7 Å². The van der Waals surface area contributed by atoms with Crippen LogP contribution in [0.4, 0.5) is 5.82 Å². The van der Waals surface area contributed by atoms with E-state index in [9.17, 15) is 0 Å². The Kier molecular flexibility index (Phi) is 1.69. The van der Waals surface area contributed by atoms with E-state index in [1.165, 1.54) is 0 Å². The van der Waals surface area contributed by atoms with Crippen LogP contribution in [0.2, 0.25) is 0 Å². The van der Waals surface area contributed by atoms with Gasteiger partial charge in [-0.05, 0) is 0 Å². The lowest BCUT2D eigenvalue weighted by atomic mass is 10.3. The summed E-state index contributed by atoms with van der Waals surface area (Å²) < 4.78 is 4.83. The topological polar surface area (TPSA) is 63.9 Å². The third-order valence-electron chi connectivity index (χ3n) is 1.05. The number of hydrogen-bond donors (Lipinski definition) is 2. The lowest BCUT2D eigenvalue weighted by molar-refractivity contribution is 0.185. The zero-order valence-corrected chi connectivity index (χ0v) is 5.22. The van der Waals surface area contributed by atoms with Crippen molar-refractivity contribution >= 4 is 5.82 Å². The highest BCUT2D eigenvalue weighted by Gasteiger charge is 1.97. The van der Waals surface area contributed by atoms with Gasteiger partial charge in [0.2, 0.25) is 0 Å². The molecule has 0 spiro atoms. The van der Waals surface area contributed by atoms with Gasteiger partial charge < -0.3 is 10.5 Å². The predicted octanol–water partition coefficient (Wildman–Crippen LogP) is 0.138. The first-order valence-electron chi connectivity index (χ1n) is 2.61. The Morgan fingerprint density at radius 3 is 3.11 bits per heavy atom. The van der Waals surface area contributed by atoms with Crippen LogP contribution in [0.15, 0.2) is 6.20 Å². The minimum Gasteiger partial charge on any atom is -0.384 e. The van der Waals surface area contributed by atoms with Crippen molar-refractivity contribution in [3.05, 3.63) is 11.8 Å². The molecule has 0 aliphatic rings. The summed E-state index contributed by atoms with van der Waals surface area (Å²) in [6.45, 7) is 0.516. The number of nitrogens with zero attached hydrogens (tertiary/aromatic N) is 1. The highest BCUT2D eigenvalue weighted by Crippen LogP contribution is 2.05. The molecule has 0 bridgehead atoms. The molecule has 1 rings (SSSR count). The summed E-state index contributed by atoms with van der Waals surface area (Å²) in [6, 6.07) is 0. The van der Waals surface area contributed by atoms with Crippen molar-refractivity contribution in [3.63, 3.8) is 0 Å². The number of rotatable bonds is 2. The molecule has 0 atom stereocenters. The number of aromatic amines is 1. The fraction of sp³-hybridized carbons (Fsp3) is 0.400. The van der Waals surface area contributed by atoms with Crippen LogP contribution in [0.25, 0.3) is 0 Å². The molecule has 0 aromatic carbocycles. The second-order valence-corrected chi connectivity index (χ2v) is 1.74. The molecule has 9 heavy (non-hydrogen) atoms. The fourth-order valence-electron chi connectivity index (χ4n) is 0.592. The van der Waals surface area contributed by atoms with Gasteiger partial charge in [-0.25, -0.2) is 0 Å². The van der Waals surface area contributed by atoms with E-state index in [4.69, 9.17) is 10.5 Å². The van der Waals surface area contributed by atoms with E-state index in [0.29, 0.717) is 12.4 Å². The molecule has 3 N–H and O–H groups in total. The first-order valence-corrected chi connectivity index (χ1v) is 2.61. The van der Waals surface area contributed by atoms with Crippen molar-refractivity contribution in [1.82, 2.24) is 10.2 Å². The van der Waals surface area contributed by atoms with Gasteiger partial charge >= 0.3 is 0 Å². The predicted molar refractivity (Wildman–Crippen MR) is 33.7 cm³/mol. The van der Waals surface area contributed by atoms with Gasteiger partial charge in [0.1, 0.15) is 5.82 Å². The summed E-state index contributed by atoms with van der Waals surface area (Å²) in [5, 5.41) is 6.31. The van der Waals surface area contributed by atoms with E-state index in [1.54, 1.807) is 13.3 Å². The van der Waals surface area contributed by atoms with Gasteiger partial charge in [-0.1, -0.05) is 0 Å². The maximum Gasteiger partial charge on any atom is 0.124 e. The number of aromatic nitrogens is 2. The maximum absolute atomic E-state index is 5.43. The van der Waals surface area contributed by atoms with Crippen molar-refractivity contribution in [3.8, 4) is 0 Å². The van der Waals surface area contributed by atoms with Crippen LogP contribution in [0.3, 0.4) is 0 Å². The highest BCUT2D eigenvalue weighted by molar-refractivity contribution is 5.35.